The summed E-state index contributed by atoms with van der Waals surface area (Å²) in [4.78, 5) is 21.1. The molecule has 1 fully saturated rings. The zero-order valence-electron chi connectivity index (χ0n) is 6.76. The molecular formula is C7H13NO3. The van der Waals surface area contributed by atoms with Crippen LogP contribution >= 0.6 is 0 Å². The molecule has 0 saturated carbocycles. The van der Waals surface area contributed by atoms with Crippen LogP contribution in [0, 0.1) is 0 Å². The Bertz CT molecular complexity index is 156. The lowest BCUT2D eigenvalue weighted by atomic mass is 10.2. The van der Waals surface area contributed by atoms with Crippen molar-refractivity contribution in [3.05, 3.63) is 0 Å². The molecule has 0 aromatic carbocycles. The lowest BCUT2D eigenvalue weighted by Crippen LogP contribution is -2.31. The molecule has 64 valence electrons. The Hall–Kier alpha value is -0.900. The second-order valence-electron chi connectivity index (χ2n) is 2.27. The molecule has 1 atom stereocenters. The van der Waals surface area contributed by atoms with E-state index in [0.717, 1.165) is 7.11 Å². The van der Waals surface area contributed by atoms with E-state index in [2.05, 4.69) is 5.32 Å². The van der Waals surface area contributed by atoms with E-state index in [9.17, 15) is 9.59 Å². The Morgan fingerprint density at radius 2 is 2.18 bits per heavy atom. The van der Waals surface area contributed by atoms with E-state index >= 15 is 0 Å². The molecule has 0 radical (unpaired) electrons. The Morgan fingerprint density at radius 1 is 1.64 bits per heavy atom. The number of aliphatic hydroxyl groups is 1. The van der Waals surface area contributed by atoms with Gasteiger partial charge in [0.05, 0.1) is 6.04 Å². The van der Waals surface area contributed by atoms with Gasteiger partial charge in [-0.15, -0.1) is 0 Å². The fraction of sp³-hybridized carbons (Fsp3) is 0.714. The van der Waals surface area contributed by atoms with Crippen LogP contribution < -0.4 is 5.32 Å². The average molecular weight is 159 g/mol. The summed E-state index contributed by atoms with van der Waals surface area (Å²) in [6, 6.07) is -0.197. The van der Waals surface area contributed by atoms with E-state index < -0.39 is 0 Å². The topological polar surface area (TPSA) is 66.4 Å². The molecule has 1 saturated heterocycles. The van der Waals surface area contributed by atoms with Crippen LogP contribution in [0.1, 0.15) is 19.8 Å². The first-order chi connectivity index (χ1) is 5.20. The lowest BCUT2D eigenvalue weighted by molar-refractivity contribution is -0.123. The monoisotopic (exact) mass is 159 g/mol. The third-order valence-electron chi connectivity index (χ3n) is 1.49. The van der Waals surface area contributed by atoms with Crippen molar-refractivity contribution < 1.29 is 14.7 Å². The fourth-order valence-electron chi connectivity index (χ4n) is 0.919. The highest BCUT2D eigenvalue weighted by atomic mass is 16.2. The number of ketones is 1. The van der Waals surface area contributed by atoms with Crippen molar-refractivity contribution in [2.75, 3.05) is 7.11 Å². The Labute approximate surface area is 65.6 Å². The van der Waals surface area contributed by atoms with Gasteiger partial charge in [0.1, 0.15) is 0 Å². The summed E-state index contributed by atoms with van der Waals surface area (Å²) >= 11 is 0. The van der Waals surface area contributed by atoms with Gasteiger partial charge in [-0.25, -0.2) is 0 Å². The molecule has 11 heavy (non-hydrogen) atoms. The normalized spacial score (nSPS) is 21.7. The van der Waals surface area contributed by atoms with E-state index in [-0.39, 0.29) is 17.7 Å². The Morgan fingerprint density at radius 3 is 2.36 bits per heavy atom. The van der Waals surface area contributed by atoms with Gasteiger partial charge in [0, 0.05) is 13.5 Å². The molecule has 1 aliphatic rings. The maximum absolute atomic E-state index is 10.6. The predicted molar refractivity (Wildman–Crippen MR) is 40.0 cm³/mol. The van der Waals surface area contributed by atoms with Crippen molar-refractivity contribution in [2.45, 2.75) is 25.8 Å². The van der Waals surface area contributed by atoms with Crippen molar-refractivity contribution >= 4 is 11.7 Å². The minimum Gasteiger partial charge on any atom is -0.400 e. The Kier molecular flexibility index (Phi) is 4.45. The number of hydrogen-bond acceptors (Lipinski definition) is 3. The van der Waals surface area contributed by atoms with Gasteiger partial charge in [-0.3, -0.25) is 9.59 Å². The maximum Gasteiger partial charge on any atom is 0.220 e. The van der Waals surface area contributed by atoms with Crippen LogP contribution in [-0.4, -0.2) is 29.9 Å². The van der Waals surface area contributed by atoms with Crippen molar-refractivity contribution in [2.24, 2.45) is 0 Å². The van der Waals surface area contributed by atoms with E-state index in [4.69, 9.17) is 5.11 Å². The fourth-order valence-corrected chi connectivity index (χ4v) is 0.919. The summed E-state index contributed by atoms with van der Waals surface area (Å²) in [5.74, 6) is 0.0519. The third kappa shape index (κ3) is 3.13. The minimum absolute atomic E-state index is 0.00444. The first-order valence-corrected chi connectivity index (χ1v) is 3.44. The molecular weight excluding hydrogens is 146 g/mol. The quantitative estimate of drug-likeness (QED) is 0.540. The lowest BCUT2D eigenvalue weighted by Gasteiger charge is -2.01. The van der Waals surface area contributed by atoms with Crippen LogP contribution in [0.3, 0.4) is 0 Å². The zero-order valence-corrected chi connectivity index (χ0v) is 6.76. The van der Waals surface area contributed by atoms with Gasteiger partial charge < -0.3 is 10.4 Å². The molecule has 1 amide bonds. The first-order valence-electron chi connectivity index (χ1n) is 3.44. The molecule has 2 N–H and O–H groups in total. The molecule has 4 nitrogen and oxygen atoms in total. The molecule has 0 bridgehead atoms. The summed E-state index contributed by atoms with van der Waals surface area (Å²) in [5.41, 5.74) is 0. The molecule has 0 aromatic rings. The highest BCUT2D eigenvalue weighted by Gasteiger charge is 2.23. The van der Waals surface area contributed by atoms with Gasteiger partial charge in [0.25, 0.3) is 0 Å². The highest BCUT2D eigenvalue weighted by Crippen LogP contribution is 2.06. The SMILES string of the molecule is CC(=O)[C@@H]1CCC(=O)N1.CO. The summed E-state index contributed by atoms with van der Waals surface area (Å²) in [7, 11) is 1.00. The van der Waals surface area contributed by atoms with Crippen LogP contribution in [-0.2, 0) is 9.59 Å². The molecule has 0 aromatic heterocycles. The van der Waals surface area contributed by atoms with Crippen molar-refractivity contribution in [1.29, 1.82) is 0 Å². The van der Waals surface area contributed by atoms with Crippen molar-refractivity contribution in [3.8, 4) is 0 Å². The van der Waals surface area contributed by atoms with Gasteiger partial charge in [-0.1, -0.05) is 0 Å². The second kappa shape index (κ2) is 4.85. The van der Waals surface area contributed by atoms with Crippen molar-refractivity contribution in [1.82, 2.24) is 5.32 Å². The molecule has 1 heterocycles. The number of Topliss-reactive ketones (excluding diaryl/α,β-unsaturated/α-hetero) is 1. The molecule has 1 aliphatic heterocycles. The van der Waals surface area contributed by atoms with E-state index in [0.29, 0.717) is 12.8 Å². The zero-order chi connectivity index (χ0) is 8.85. The maximum atomic E-state index is 10.6. The number of carbonyl (C=O) groups is 2. The number of carbonyl (C=O) groups excluding carboxylic acids is 2. The highest BCUT2D eigenvalue weighted by molar-refractivity contribution is 5.90. The summed E-state index contributed by atoms with van der Waals surface area (Å²) < 4.78 is 0. The van der Waals surface area contributed by atoms with Gasteiger partial charge in [0.2, 0.25) is 5.91 Å². The van der Waals surface area contributed by atoms with Crippen molar-refractivity contribution in [3.63, 3.8) is 0 Å². The third-order valence-corrected chi connectivity index (χ3v) is 1.49. The summed E-state index contributed by atoms with van der Waals surface area (Å²) in [5, 5.41) is 9.56. The molecule has 0 spiro atoms. The average Bonchev–Trinajstić information content (AvgIpc) is 2.40. The van der Waals surface area contributed by atoms with Gasteiger partial charge >= 0.3 is 0 Å². The van der Waals surface area contributed by atoms with E-state index in [1.807, 2.05) is 0 Å². The summed E-state index contributed by atoms with van der Waals surface area (Å²) in [6.45, 7) is 1.50. The largest absolute Gasteiger partial charge is 0.400 e. The van der Waals surface area contributed by atoms with Crippen LogP contribution in [0.4, 0.5) is 0 Å². The molecule has 0 aliphatic carbocycles. The Balaban J connectivity index is 0.000000461. The molecule has 1 rings (SSSR count). The smallest absolute Gasteiger partial charge is 0.220 e. The van der Waals surface area contributed by atoms with Crippen LogP contribution in [0.2, 0.25) is 0 Å². The van der Waals surface area contributed by atoms with E-state index in [1.165, 1.54) is 6.92 Å². The second-order valence-corrected chi connectivity index (χ2v) is 2.27. The number of nitrogens with one attached hydrogen (secondary N) is 1. The molecule has 4 heteroatoms. The van der Waals surface area contributed by atoms with Gasteiger partial charge in [-0.05, 0) is 13.3 Å². The van der Waals surface area contributed by atoms with Gasteiger partial charge in [0.15, 0.2) is 5.78 Å². The number of aliphatic hydroxyl groups excluding tert-OH is 1. The van der Waals surface area contributed by atoms with Gasteiger partial charge in [-0.2, -0.15) is 0 Å². The number of rotatable bonds is 1. The predicted octanol–water partition coefficient (Wildman–Crippen LogP) is -0.538. The number of amides is 1. The first kappa shape index (κ1) is 10.1. The number of hydrogen-bond donors (Lipinski definition) is 2. The summed E-state index contributed by atoms with van der Waals surface area (Å²) in [6.07, 6.45) is 1.18. The van der Waals surface area contributed by atoms with Crippen LogP contribution in [0.25, 0.3) is 0 Å². The van der Waals surface area contributed by atoms with E-state index in [1.54, 1.807) is 0 Å². The standard InChI is InChI=1S/C6H9NO2.CH4O/c1-4(8)5-2-3-6(9)7-5;1-2/h5H,2-3H2,1H3,(H,7,9);2H,1H3/t5-;/m0./s1. The molecule has 0 unspecified atom stereocenters. The van der Waals surface area contributed by atoms with Crippen LogP contribution in [0.15, 0.2) is 0 Å². The van der Waals surface area contributed by atoms with Crippen LogP contribution in [0.5, 0.6) is 0 Å². The minimum atomic E-state index is -0.197.